The molecule has 2 heteroatoms. The molecule has 3 unspecified atom stereocenters. The maximum atomic E-state index is 6.88. The van der Waals surface area contributed by atoms with Crippen LogP contribution in [0.25, 0.3) is 0 Å². The summed E-state index contributed by atoms with van der Waals surface area (Å²) in [6.07, 6.45) is 7.62. The zero-order chi connectivity index (χ0) is 12.5. The van der Waals surface area contributed by atoms with E-state index < -0.39 is 0 Å². The molecule has 1 heterocycles. The minimum atomic E-state index is 0.0247. The topological polar surface area (TPSA) is 35.2 Å². The van der Waals surface area contributed by atoms with Crippen molar-refractivity contribution in [3.63, 3.8) is 0 Å². The Kier molecular flexibility index (Phi) is 3.84. The second-order valence-corrected chi connectivity index (χ2v) is 7.19. The summed E-state index contributed by atoms with van der Waals surface area (Å²) in [5, 5.41) is 0. The molecular weight excluding hydrogens is 210 g/mol. The highest BCUT2D eigenvalue weighted by molar-refractivity contribution is 5.03. The third-order valence-electron chi connectivity index (χ3n) is 4.97. The predicted octanol–water partition coefficient (Wildman–Crippen LogP) is 3.35. The van der Waals surface area contributed by atoms with Gasteiger partial charge in [-0.05, 0) is 37.0 Å². The van der Waals surface area contributed by atoms with Gasteiger partial charge in [0.2, 0.25) is 0 Å². The van der Waals surface area contributed by atoms with Crippen LogP contribution < -0.4 is 5.73 Å². The summed E-state index contributed by atoms with van der Waals surface area (Å²) in [6, 6.07) is 0. The average molecular weight is 239 g/mol. The summed E-state index contributed by atoms with van der Waals surface area (Å²) in [6.45, 7) is 8.90. The Morgan fingerprint density at radius 2 is 1.88 bits per heavy atom. The van der Waals surface area contributed by atoms with E-state index in [1.165, 1.54) is 38.5 Å². The van der Waals surface area contributed by atoms with Crippen LogP contribution in [0.1, 0.15) is 59.3 Å². The third kappa shape index (κ3) is 2.68. The first-order chi connectivity index (χ1) is 7.94. The van der Waals surface area contributed by atoms with E-state index in [1.807, 2.05) is 0 Å². The van der Waals surface area contributed by atoms with Gasteiger partial charge < -0.3 is 10.5 Å². The second kappa shape index (κ2) is 4.89. The summed E-state index contributed by atoms with van der Waals surface area (Å²) >= 11 is 0. The van der Waals surface area contributed by atoms with E-state index in [0.717, 1.165) is 13.2 Å². The molecule has 0 radical (unpaired) electrons. The number of nitrogens with two attached hydrogens (primary N) is 1. The Morgan fingerprint density at radius 3 is 2.47 bits per heavy atom. The molecule has 0 amide bonds. The van der Waals surface area contributed by atoms with Crippen molar-refractivity contribution in [2.45, 2.75) is 64.8 Å². The van der Waals surface area contributed by atoms with Crippen LogP contribution >= 0.6 is 0 Å². The van der Waals surface area contributed by atoms with Gasteiger partial charge >= 0.3 is 0 Å². The fourth-order valence-corrected chi connectivity index (χ4v) is 4.12. The lowest BCUT2D eigenvalue weighted by atomic mass is 9.57. The van der Waals surface area contributed by atoms with Gasteiger partial charge in [-0.3, -0.25) is 0 Å². The molecule has 2 fully saturated rings. The molecule has 0 aromatic carbocycles. The summed E-state index contributed by atoms with van der Waals surface area (Å²) in [7, 11) is 0. The molecule has 1 aliphatic heterocycles. The second-order valence-electron chi connectivity index (χ2n) is 7.19. The number of ether oxygens (including phenoxy) is 1. The van der Waals surface area contributed by atoms with Crippen molar-refractivity contribution in [2.75, 3.05) is 13.2 Å². The normalized spacial score (nSPS) is 40.2. The first-order valence-corrected chi connectivity index (χ1v) is 7.31. The summed E-state index contributed by atoms with van der Waals surface area (Å²) in [5.41, 5.74) is 7.23. The molecule has 2 nitrogen and oxygen atoms in total. The lowest BCUT2D eigenvalue weighted by Crippen LogP contribution is -2.60. The predicted molar refractivity (Wildman–Crippen MR) is 71.9 cm³/mol. The lowest BCUT2D eigenvalue weighted by Gasteiger charge is -2.52. The zero-order valence-electron chi connectivity index (χ0n) is 11.8. The van der Waals surface area contributed by atoms with E-state index >= 15 is 0 Å². The van der Waals surface area contributed by atoms with Crippen molar-refractivity contribution >= 4 is 0 Å². The molecule has 1 saturated heterocycles. The van der Waals surface area contributed by atoms with Crippen molar-refractivity contribution in [2.24, 2.45) is 23.0 Å². The van der Waals surface area contributed by atoms with E-state index in [-0.39, 0.29) is 5.54 Å². The lowest BCUT2D eigenvalue weighted by molar-refractivity contribution is -0.0354. The van der Waals surface area contributed by atoms with Crippen LogP contribution in [0.5, 0.6) is 0 Å². The van der Waals surface area contributed by atoms with Gasteiger partial charge in [0.1, 0.15) is 0 Å². The van der Waals surface area contributed by atoms with Crippen LogP contribution in [-0.4, -0.2) is 18.8 Å². The maximum absolute atomic E-state index is 6.88. The molecule has 17 heavy (non-hydrogen) atoms. The standard InChI is InChI=1S/C15H29NO/c1-14(2,3)13-8-4-5-9-15(13,16)12-7-6-10-17-11-12/h12-13H,4-11,16H2,1-3H3. The van der Waals surface area contributed by atoms with Gasteiger partial charge in [0.25, 0.3) is 0 Å². The van der Waals surface area contributed by atoms with Gasteiger partial charge in [0.05, 0.1) is 6.61 Å². The van der Waals surface area contributed by atoms with Crippen molar-refractivity contribution in [1.82, 2.24) is 0 Å². The van der Waals surface area contributed by atoms with Crippen molar-refractivity contribution in [3.05, 3.63) is 0 Å². The van der Waals surface area contributed by atoms with Gasteiger partial charge in [-0.1, -0.05) is 33.6 Å². The van der Waals surface area contributed by atoms with Crippen molar-refractivity contribution in [1.29, 1.82) is 0 Å². The summed E-state index contributed by atoms with van der Waals surface area (Å²) in [5.74, 6) is 1.23. The molecule has 3 atom stereocenters. The van der Waals surface area contributed by atoms with Crippen LogP contribution in [0.15, 0.2) is 0 Å². The van der Waals surface area contributed by atoms with E-state index in [9.17, 15) is 0 Å². The largest absolute Gasteiger partial charge is 0.381 e. The molecule has 2 rings (SSSR count). The van der Waals surface area contributed by atoms with Gasteiger partial charge in [-0.2, -0.15) is 0 Å². The molecule has 0 bridgehead atoms. The van der Waals surface area contributed by atoms with Crippen LogP contribution in [0.4, 0.5) is 0 Å². The highest BCUT2D eigenvalue weighted by Gasteiger charge is 2.48. The van der Waals surface area contributed by atoms with Gasteiger partial charge in [0.15, 0.2) is 0 Å². The summed E-state index contributed by atoms with van der Waals surface area (Å²) < 4.78 is 5.68. The van der Waals surface area contributed by atoms with Gasteiger partial charge in [-0.25, -0.2) is 0 Å². The smallest absolute Gasteiger partial charge is 0.0511 e. The molecule has 2 N–H and O–H groups in total. The molecule has 0 aromatic heterocycles. The number of hydrogen-bond acceptors (Lipinski definition) is 2. The van der Waals surface area contributed by atoms with E-state index in [0.29, 0.717) is 17.3 Å². The Balaban J connectivity index is 2.17. The van der Waals surface area contributed by atoms with Crippen LogP contribution in [0.2, 0.25) is 0 Å². The van der Waals surface area contributed by atoms with E-state index in [1.54, 1.807) is 0 Å². The molecule has 1 saturated carbocycles. The molecular formula is C15H29NO. The fraction of sp³-hybridized carbons (Fsp3) is 1.00. The first-order valence-electron chi connectivity index (χ1n) is 7.31. The van der Waals surface area contributed by atoms with Crippen molar-refractivity contribution in [3.8, 4) is 0 Å². The Bertz CT molecular complexity index is 252. The first kappa shape index (κ1) is 13.4. The van der Waals surface area contributed by atoms with Crippen molar-refractivity contribution < 1.29 is 4.74 Å². The quantitative estimate of drug-likeness (QED) is 0.761. The molecule has 2 aliphatic rings. The third-order valence-corrected chi connectivity index (χ3v) is 4.97. The minimum absolute atomic E-state index is 0.0247. The van der Waals surface area contributed by atoms with Crippen LogP contribution in [-0.2, 0) is 4.74 Å². The maximum Gasteiger partial charge on any atom is 0.0511 e. The number of rotatable bonds is 1. The van der Waals surface area contributed by atoms with Crippen LogP contribution in [0.3, 0.4) is 0 Å². The molecule has 0 aromatic rings. The Labute approximate surface area is 106 Å². The number of hydrogen-bond donors (Lipinski definition) is 1. The summed E-state index contributed by atoms with van der Waals surface area (Å²) in [4.78, 5) is 0. The molecule has 100 valence electrons. The van der Waals surface area contributed by atoms with E-state index in [2.05, 4.69) is 20.8 Å². The van der Waals surface area contributed by atoms with Gasteiger partial charge in [0, 0.05) is 18.1 Å². The average Bonchev–Trinajstić information content (AvgIpc) is 2.29. The monoisotopic (exact) mass is 239 g/mol. The highest BCUT2D eigenvalue weighted by atomic mass is 16.5. The Morgan fingerprint density at radius 1 is 1.12 bits per heavy atom. The van der Waals surface area contributed by atoms with Crippen LogP contribution in [0, 0.1) is 17.3 Å². The Hall–Kier alpha value is -0.0800. The fourth-order valence-electron chi connectivity index (χ4n) is 4.12. The minimum Gasteiger partial charge on any atom is -0.381 e. The zero-order valence-corrected chi connectivity index (χ0v) is 11.8. The molecule has 0 spiro atoms. The van der Waals surface area contributed by atoms with Gasteiger partial charge in [-0.15, -0.1) is 0 Å². The highest BCUT2D eigenvalue weighted by Crippen LogP contribution is 2.47. The molecule has 1 aliphatic carbocycles. The van der Waals surface area contributed by atoms with E-state index in [4.69, 9.17) is 10.5 Å². The SMILES string of the molecule is CC(C)(C)C1CCCCC1(N)C1CCCOC1.